The molecule has 9 heteroatoms. The summed E-state index contributed by atoms with van der Waals surface area (Å²) in [6, 6.07) is 12.1. The molecule has 0 unspecified atom stereocenters. The number of amides is 1. The van der Waals surface area contributed by atoms with E-state index < -0.39 is 5.97 Å². The van der Waals surface area contributed by atoms with Crippen LogP contribution in [0.1, 0.15) is 32.9 Å². The SMILES string of the molecule is COC(=O)CN(Cc1cc(OC)cc(OC)c1)C(=O)c1cccc(OCc2c(C)noc2C)c1. The fourth-order valence-electron chi connectivity index (χ4n) is 3.36. The molecule has 0 saturated carbocycles. The van der Waals surface area contributed by atoms with E-state index in [1.807, 2.05) is 13.8 Å². The average Bonchev–Trinajstić information content (AvgIpc) is 3.18. The van der Waals surface area contributed by atoms with Crippen molar-refractivity contribution < 1.29 is 33.1 Å². The molecule has 1 heterocycles. The topological polar surface area (TPSA) is 100 Å². The van der Waals surface area contributed by atoms with Crippen LogP contribution in [0.5, 0.6) is 17.2 Å². The number of methoxy groups -OCH3 is 3. The summed E-state index contributed by atoms with van der Waals surface area (Å²) in [5.41, 5.74) is 2.72. The number of rotatable bonds is 10. The summed E-state index contributed by atoms with van der Waals surface area (Å²) in [7, 11) is 4.37. The van der Waals surface area contributed by atoms with Crippen molar-refractivity contribution in [3.63, 3.8) is 0 Å². The lowest BCUT2D eigenvalue weighted by atomic mass is 10.1. The minimum atomic E-state index is -0.533. The average molecular weight is 469 g/mol. The third-order valence-corrected chi connectivity index (χ3v) is 5.26. The molecule has 0 saturated heterocycles. The fraction of sp³-hybridized carbons (Fsp3) is 0.320. The lowest BCUT2D eigenvalue weighted by molar-refractivity contribution is -0.141. The second-order valence-corrected chi connectivity index (χ2v) is 7.58. The van der Waals surface area contributed by atoms with Gasteiger partial charge in [0, 0.05) is 18.2 Å². The monoisotopic (exact) mass is 468 g/mol. The minimum absolute atomic E-state index is 0.145. The molecule has 0 atom stereocenters. The van der Waals surface area contributed by atoms with Crippen LogP contribution in [0.4, 0.5) is 0 Å². The minimum Gasteiger partial charge on any atom is -0.497 e. The van der Waals surface area contributed by atoms with Gasteiger partial charge in [-0.2, -0.15) is 0 Å². The molecule has 34 heavy (non-hydrogen) atoms. The molecule has 0 radical (unpaired) electrons. The molecule has 2 aromatic carbocycles. The molecule has 9 nitrogen and oxygen atoms in total. The van der Waals surface area contributed by atoms with Crippen molar-refractivity contribution in [2.75, 3.05) is 27.9 Å². The Kier molecular flexibility index (Phi) is 8.13. The Labute approximate surface area is 198 Å². The zero-order valence-electron chi connectivity index (χ0n) is 19.9. The number of hydrogen-bond donors (Lipinski definition) is 0. The van der Waals surface area contributed by atoms with Crippen LogP contribution in [-0.2, 0) is 22.7 Å². The van der Waals surface area contributed by atoms with Crippen molar-refractivity contribution in [3.05, 3.63) is 70.6 Å². The van der Waals surface area contributed by atoms with E-state index in [0.717, 1.165) is 16.8 Å². The molecule has 0 aliphatic heterocycles. The Morgan fingerprint density at radius 1 is 0.971 bits per heavy atom. The Hall–Kier alpha value is -4.01. The van der Waals surface area contributed by atoms with Gasteiger partial charge in [0.25, 0.3) is 5.91 Å². The van der Waals surface area contributed by atoms with E-state index in [9.17, 15) is 9.59 Å². The molecule has 3 aromatic rings. The maximum absolute atomic E-state index is 13.4. The zero-order valence-corrected chi connectivity index (χ0v) is 19.9. The number of aryl methyl sites for hydroxylation is 2. The second-order valence-electron chi connectivity index (χ2n) is 7.58. The highest BCUT2D eigenvalue weighted by molar-refractivity contribution is 5.96. The first-order valence-corrected chi connectivity index (χ1v) is 10.6. The molecule has 1 amide bonds. The molecule has 0 N–H and O–H groups in total. The summed E-state index contributed by atoms with van der Waals surface area (Å²) in [4.78, 5) is 26.8. The number of carbonyl (C=O) groups excluding carboxylic acids is 2. The van der Waals surface area contributed by atoms with E-state index >= 15 is 0 Å². The number of aromatic nitrogens is 1. The van der Waals surface area contributed by atoms with Gasteiger partial charge in [0.1, 0.15) is 36.2 Å². The summed E-state index contributed by atoms with van der Waals surface area (Å²) in [6.45, 7) is 3.84. The van der Waals surface area contributed by atoms with Crippen molar-refractivity contribution in [1.29, 1.82) is 0 Å². The Bertz CT molecular complexity index is 1110. The van der Waals surface area contributed by atoms with Crippen LogP contribution < -0.4 is 14.2 Å². The summed E-state index contributed by atoms with van der Waals surface area (Å²) in [5, 5.41) is 3.92. The Balaban J connectivity index is 1.82. The smallest absolute Gasteiger partial charge is 0.325 e. The van der Waals surface area contributed by atoms with E-state index in [1.54, 1.807) is 56.7 Å². The molecule has 0 aliphatic rings. The summed E-state index contributed by atoms with van der Waals surface area (Å²) >= 11 is 0. The summed E-state index contributed by atoms with van der Waals surface area (Å²) in [6.07, 6.45) is 0. The first-order valence-electron chi connectivity index (χ1n) is 10.6. The first-order chi connectivity index (χ1) is 16.3. The molecule has 0 fully saturated rings. The van der Waals surface area contributed by atoms with E-state index in [4.69, 9.17) is 23.5 Å². The zero-order chi connectivity index (χ0) is 24.7. The normalized spacial score (nSPS) is 10.5. The van der Waals surface area contributed by atoms with Crippen molar-refractivity contribution >= 4 is 11.9 Å². The standard InChI is InChI=1S/C25H28N2O7/c1-16-23(17(2)34-26-16)15-33-20-8-6-7-19(11-20)25(29)27(14-24(28)32-5)13-18-9-21(30-3)12-22(10-18)31-4/h6-12H,13-15H2,1-5H3. The summed E-state index contributed by atoms with van der Waals surface area (Å²) in [5.74, 6) is 1.46. The number of esters is 1. The van der Waals surface area contributed by atoms with Crippen LogP contribution in [0.2, 0.25) is 0 Å². The number of benzene rings is 2. The van der Waals surface area contributed by atoms with Crippen LogP contribution in [0.15, 0.2) is 47.0 Å². The Morgan fingerprint density at radius 3 is 2.26 bits per heavy atom. The van der Waals surface area contributed by atoms with Gasteiger partial charge in [0.15, 0.2) is 0 Å². The first kappa shape index (κ1) is 24.6. The predicted molar refractivity (Wildman–Crippen MR) is 123 cm³/mol. The lowest BCUT2D eigenvalue weighted by Gasteiger charge is -2.22. The van der Waals surface area contributed by atoms with Gasteiger partial charge >= 0.3 is 5.97 Å². The number of carbonyl (C=O) groups is 2. The molecule has 3 rings (SSSR count). The van der Waals surface area contributed by atoms with Gasteiger partial charge in [-0.3, -0.25) is 9.59 Å². The molecule has 0 spiro atoms. The van der Waals surface area contributed by atoms with Gasteiger partial charge in [-0.25, -0.2) is 0 Å². The van der Waals surface area contributed by atoms with Gasteiger partial charge in [-0.15, -0.1) is 0 Å². The molecule has 0 bridgehead atoms. The van der Waals surface area contributed by atoms with Crippen LogP contribution in [0.25, 0.3) is 0 Å². The highest BCUT2D eigenvalue weighted by atomic mass is 16.5. The van der Waals surface area contributed by atoms with Crippen molar-refractivity contribution in [2.24, 2.45) is 0 Å². The van der Waals surface area contributed by atoms with Gasteiger partial charge in [-0.05, 0) is 49.7 Å². The molecule has 1 aromatic heterocycles. The predicted octanol–water partition coefficient (Wildman–Crippen LogP) is 3.70. The van der Waals surface area contributed by atoms with Crippen molar-refractivity contribution in [1.82, 2.24) is 10.1 Å². The highest BCUT2D eigenvalue weighted by Crippen LogP contribution is 2.25. The number of ether oxygens (including phenoxy) is 4. The maximum Gasteiger partial charge on any atom is 0.325 e. The van der Waals surface area contributed by atoms with Gasteiger partial charge < -0.3 is 28.4 Å². The third kappa shape index (κ3) is 6.06. The van der Waals surface area contributed by atoms with Crippen LogP contribution >= 0.6 is 0 Å². The molecule has 0 aliphatic carbocycles. The quantitative estimate of drug-likeness (QED) is 0.415. The molecular formula is C25H28N2O7. The van der Waals surface area contributed by atoms with E-state index in [2.05, 4.69) is 5.16 Å². The van der Waals surface area contributed by atoms with E-state index in [0.29, 0.717) is 28.6 Å². The molecular weight excluding hydrogens is 440 g/mol. The van der Waals surface area contributed by atoms with Crippen LogP contribution in [0.3, 0.4) is 0 Å². The van der Waals surface area contributed by atoms with Crippen LogP contribution in [-0.4, -0.2) is 49.8 Å². The molecule has 180 valence electrons. The lowest BCUT2D eigenvalue weighted by Crippen LogP contribution is -2.35. The second kappa shape index (κ2) is 11.2. The number of hydrogen-bond acceptors (Lipinski definition) is 8. The highest BCUT2D eigenvalue weighted by Gasteiger charge is 2.21. The van der Waals surface area contributed by atoms with Crippen molar-refractivity contribution in [2.45, 2.75) is 27.0 Å². The van der Waals surface area contributed by atoms with E-state index in [-0.39, 0.29) is 25.6 Å². The van der Waals surface area contributed by atoms with Crippen LogP contribution in [0, 0.1) is 13.8 Å². The summed E-state index contributed by atoms with van der Waals surface area (Å²) < 4.78 is 26.5. The van der Waals surface area contributed by atoms with Gasteiger partial charge in [0.05, 0.1) is 32.6 Å². The third-order valence-electron chi connectivity index (χ3n) is 5.26. The van der Waals surface area contributed by atoms with Gasteiger partial charge in [0.2, 0.25) is 0 Å². The maximum atomic E-state index is 13.4. The van der Waals surface area contributed by atoms with E-state index in [1.165, 1.54) is 12.0 Å². The van der Waals surface area contributed by atoms with Crippen molar-refractivity contribution in [3.8, 4) is 17.2 Å². The Morgan fingerprint density at radius 2 is 1.68 bits per heavy atom. The fourth-order valence-corrected chi connectivity index (χ4v) is 3.36. The number of nitrogens with zero attached hydrogens (tertiary/aromatic N) is 2. The van der Waals surface area contributed by atoms with Gasteiger partial charge in [-0.1, -0.05) is 11.2 Å². The largest absolute Gasteiger partial charge is 0.497 e.